The summed E-state index contributed by atoms with van der Waals surface area (Å²) in [6.07, 6.45) is 1.54. The Balaban J connectivity index is 1.90. The maximum absolute atomic E-state index is 13.1. The minimum absolute atomic E-state index is 0.136. The van der Waals surface area contributed by atoms with Crippen molar-refractivity contribution >= 4 is 17.7 Å². The van der Waals surface area contributed by atoms with Crippen molar-refractivity contribution in [3.05, 3.63) is 35.6 Å². The molecule has 20 heavy (non-hydrogen) atoms. The second-order valence-electron chi connectivity index (χ2n) is 5.35. The van der Waals surface area contributed by atoms with Crippen molar-refractivity contribution in [1.29, 1.82) is 0 Å². The van der Waals surface area contributed by atoms with Crippen LogP contribution in [0.5, 0.6) is 0 Å². The van der Waals surface area contributed by atoms with E-state index in [1.54, 1.807) is 17.8 Å². The van der Waals surface area contributed by atoms with Gasteiger partial charge in [-0.1, -0.05) is 12.1 Å². The van der Waals surface area contributed by atoms with E-state index < -0.39 is 5.60 Å². The summed E-state index contributed by atoms with van der Waals surface area (Å²) >= 11 is 1.76. The van der Waals surface area contributed by atoms with Gasteiger partial charge < -0.3 is 10.4 Å². The molecule has 0 bridgehead atoms. The quantitative estimate of drug-likeness (QED) is 0.895. The lowest BCUT2D eigenvalue weighted by Crippen LogP contribution is -2.51. The molecule has 0 saturated carbocycles. The molecule has 1 saturated heterocycles. The van der Waals surface area contributed by atoms with Crippen LogP contribution in [0.3, 0.4) is 0 Å². The Morgan fingerprint density at radius 3 is 2.85 bits per heavy atom. The zero-order chi connectivity index (χ0) is 14.6. The molecule has 0 aromatic heterocycles. The number of hydrogen-bond acceptors (Lipinski definition) is 3. The summed E-state index contributed by atoms with van der Waals surface area (Å²) in [4.78, 5) is 12.1. The summed E-state index contributed by atoms with van der Waals surface area (Å²) in [5.41, 5.74) is -0.398. The fourth-order valence-corrected chi connectivity index (χ4v) is 3.53. The smallest absolute Gasteiger partial charge is 0.252 e. The van der Waals surface area contributed by atoms with Crippen LogP contribution in [0, 0.1) is 5.82 Å². The fourth-order valence-electron chi connectivity index (χ4n) is 2.36. The summed E-state index contributed by atoms with van der Waals surface area (Å²) in [5, 5.41) is 13.2. The van der Waals surface area contributed by atoms with Crippen molar-refractivity contribution in [3.8, 4) is 0 Å². The molecular weight excluding hydrogens is 277 g/mol. The Morgan fingerprint density at radius 1 is 1.50 bits per heavy atom. The van der Waals surface area contributed by atoms with Gasteiger partial charge in [0.2, 0.25) is 0 Å². The van der Waals surface area contributed by atoms with E-state index in [0.717, 1.165) is 17.1 Å². The van der Waals surface area contributed by atoms with Gasteiger partial charge in [-0.25, -0.2) is 4.39 Å². The molecule has 0 spiro atoms. The standard InChI is InChI=1S/C15H20FNO2S/c1-11(9-12-3-2-4-13(16)10-12)17-14(18)15(19)5-7-20-8-6-15/h2-4,10-11,19H,5-9H2,1H3,(H,17,18). The number of carbonyl (C=O) groups excluding carboxylic acids is 1. The van der Waals surface area contributed by atoms with Crippen LogP contribution in [0.25, 0.3) is 0 Å². The highest BCUT2D eigenvalue weighted by molar-refractivity contribution is 7.99. The predicted octanol–water partition coefficient (Wildman–Crippen LogP) is 2.13. The first-order valence-electron chi connectivity index (χ1n) is 6.85. The monoisotopic (exact) mass is 297 g/mol. The van der Waals surface area contributed by atoms with Crippen LogP contribution in [0.2, 0.25) is 0 Å². The van der Waals surface area contributed by atoms with Crippen molar-refractivity contribution in [2.45, 2.75) is 37.8 Å². The molecule has 0 radical (unpaired) electrons. The highest BCUT2D eigenvalue weighted by atomic mass is 32.2. The van der Waals surface area contributed by atoms with E-state index in [1.807, 2.05) is 13.0 Å². The highest BCUT2D eigenvalue weighted by Gasteiger charge is 2.37. The Kier molecular flexibility index (Phi) is 5.05. The molecule has 1 unspecified atom stereocenters. The van der Waals surface area contributed by atoms with E-state index in [4.69, 9.17) is 0 Å². The van der Waals surface area contributed by atoms with E-state index in [2.05, 4.69) is 5.32 Å². The zero-order valence-electron chi connectivity index (χ0n) is 11.6. The molecule has 1 aromatic rings. The Morgan fingerprint density at radius 2 is 2.20 bits per heavy atom. The van der Waals surface area contributed by atoms with Crippen LogP contribution in [0.1, 0.15) is 25.3 Å². The van der Waals surface area contributed by atoms with Gasteiger partial charge in [0.05, 0.1) is 0 Å². The van der Waals surface area contributed by atoms with Gasteiger partial charge >= 0.3 is 0 Å². The van der Waals surface area contributed by atoms with Gasteiger partial charge in [-0.3, -0.25) is 4.79 Å². The molecule has 1 aliphatic heterocycles. The van der Waals surface area contributed by atoms with Crippen LogP contribution in [-0.2, 0) is 11.2 Å². The third kappa shape index (κ3) is 3.96. The summed E-state index contributed by atoms with van der Waals surface area (Å²) in [6.45, 7) is 1.86. The summed E-state index contributed by atoms with van der Waals surface area (Å²) in [7, 11) is 0. The molecule has 110 valence electrons. The van der Waals surface area contributed by atoms with E-state index in [0.29, 0.717) is 19.3 Å². The third-order valence-corrected chi connectivity index (χ3v) is 4.54. The molecule has 2 N–H and O–H groups in total. The molecule has 1 aliphatic rings. The molecule has 1 heterocycles. The summed E-state index contributed by atoms with van der Waals surface area (Å²) < 4.78 is 13.1. The first-order chi connectivity index (χ1) is 9.49. The number of thioether (sulfide) groups is 1. The van der Waals surface area contributed by atoms with Crippen LogP contribution < -0.4 is 5.32 Å². The molecule has 0 aliphatic carbocycles. The Bertz CT molecular complexity index is 475. The number of aliphatic hydroxyl groups is 1. The highest BCUT2D eigenvalue weighted by Crippen LogP contribution is 2.27. The second kappa shape index (κ2) is 6.59. The van der Waals surface area contributed by atoms with Crippen molar-refractivity contribution in [2.75, 3.05) is 11.5 Å². The second-order valence-corrected chi connectivity index (χ2v) is 6.58. The SMILES string of the molecule is CC(Cc1cccc(F)c1)NC(=O)C1(O)CCSCC1. The van der Waals surface area contributed by atoms with Crippen LogP contribution in [-0.4, -0.2) is 34.2 Å². The first-order valence-corrected chi connectivity index (χ1v) is 8.01. The molecule has 1 amide bonds. The topological polar surface area (TPSA) is 49.3 Å². The molecule has 5 heteroatoms. The van der Waals surface area contributed by atoms with Gasteiger partial charge in [-0.2, -0.15) is 11.8 Å². The number of halogens is 1. The van der Waals surface area contributed by atoms with E-state index in [-0.39, 0.29) is 17.8 Å². The normalized spacial score (nSPS) is 19.4. The third-order valence-electron chi connectivity index (χ3n) is 3.55. The Labute approximate surface area is 123 Å². The van der Waals surface area contributed by atoms with Gasteiger partial charge in [-0.05, 0) is 55.4 Å². The number of benzene rings is 1. The van der Waals surface area contributed by atoms with Gasteiger partial charge in [-0.15, -0.1) is 0 Å². The van der Waals surface area contributed by atoms with Crippen molar-refractivity contribution < 1.29 is 14.3 Å². The van der Waals surface area contributed by atoms with Crippen LogP contribution in [0.4, 0.5) is 4.39 Å². The zero-order valence-corrected chi connectivity index (χ0v) is 12.4. The lowest BCUT2D eigenvalue weighted by Gasteiger charge is -2.31. The van der Waals surface area contributed by atoms with Crippen molar-refractivity contribution in [3.63, 3.8) is 0 Å². The average Bonchev–Trinajstić information content (AvgIpc) is 2.39. The average molecular weight is 297 g/mol. The summed E-state index contributed by atoms with van der Waals surface area (Å²) in [6, 6.07) is 6.22. The number of rotatable bonds is 4. The van der Waals surface area contributed by atoms with Gasteiger partial charge in [0.1, 0.15) is 11.4 Å². The van der Waals surface area contributed by atoms with Crippen LogP contribution >= 0.6 is 11.8 Å². The van der Waals surface area contributed by atoms with Crippen LogP contribution in [0.15, 0.2) is 24.3 Å². The number of hydrogen-bond donors (Lipinski definition) is 2. The lowest BCUT2D eigenvalue weighted by atomic mass is 9.95. The van der Waals surface area contributed by atoms with Crippen molar-refractivity contribution in [2.24, 2.45) is 0 Å². The minimum Gasteiger partial charge on any atom is -0.380 e. The number of amides is 1. The lowest BCUT2D eigenvalue weighted by molar-refractivity contribution is -0.141. The maximum atomic E-state index is 13.1. The fraction of sp³-hybridized carbons (Fsp3) is 0.533. The predicted molar refractivity (Wildman–Crippen MR) is 79.2 cm³/mol. The van der Waals surface area contributed by atoms with E-state index >= 15 is 0 Å². The summed E-state index contributed by atoms with van der Waals surface area (Å²) in [5.74, 6) is 1.04. The van der Waals surface area contributed by atoms with Gasteiger partial charge in [0, 0.05) is 6.04 Å². The molecular formula is C15H20FNO2S. The minimum atomic E-state index is -1.23. The van der Waals surface area contributed by atoms with Gasteiger partial charge in [0.15, 0.2) is 0 Å². The first kappa shape index (κ1) is 15.3. The number of carbonyl (C=O) groups is 1. The van der Waals surface area contributed by atoms with E-state index in [1.165, 1.54) is 12.1 Å². The van der Waals surface area contributed by atoms with Crippen molar-refractivity contribution in [1.82, 2.24) is 5.32 Å². The van der Waals surface area contributed by atoms with E-state index in [9.17, 15) is 14.3 Å². The van der Waals surface area contributed by atoms with Gasteiger partial charge in [0.25, 0.3) is 5.91 Å². The number of nitrogens with one attached hydrogen (secondary N) is 1. The molecule has 1 atom stereocenters. The largest absolute Gasteiger partial charge is 0.380 e. The maximum Gasteiger partial charge on any atom is 0.252 e. The molecule has 1 fully saturated rings. The molecule has 3 nitrogen and oxygen atoms in total. The molecule has 1 aromatic carbocycles. The Hall–Kier alpha value is -1.07. The molecule has 2 rings (SSSR count).